The molecule has 2 N–H and O–H groups in total. The van der Waals surface area contributed by atoms with Crippen LogP contribution in [0, 0.1) is 0 Å². The van der Waals surface area contributed by atoms with Crippen molar-refractivity contribution in [3.05, 3.63) is 12.4 Å². The fraction of sp³-hybridized carbons (Fsp3) is 0.750. The molecule has 7 nitrogen and oxygen atoms in total. The van der Waals surface area contributed by atoms with Crippen molar-refractivity contribution < 1.29 is 18.0 Å². The Bertz CT molecular complexity index is 464. The number of hydrogen-bond donors (Lipinski definition) is 2. The van der Waals surface area contributed by atoms with Gasteiger partial charge in [0.25, 0.3) is 0 Å². The number of halogens is 4. The van der Waals surface area contributed by atoms with Gasteiger partial charge in [-0.3, -0.25) is 14.4 Å². The van der Waals surface area contributed by atoms with E-state index in [0.29, 0.717) is 26.2 Å². The molecule has 132 valence electrons. The second-order valence-corrected chi connectivity index (χ2v) is 5.06. The lowest BCUT2D eigenvalue weighted by Gasteiger charge is -2.35. The molecule has 11 heteroatoms. The molecule has 2 heterocycles. The minimum Gasteiger partial charge on any atom is -0.354 e. The third-order valence-electron chi connectivity index (χ3n) is 3.50. The SMILES string of the molecule is Cl.O=C(CCn1ccnn1)NCC(N1CCNCC1)C(F)(F)F. The van der Waals surface area contributed by atoms with E-state index in [2.05, 4.69) is 20.9 Å². The summed E-state index contributed by atoms with van der Waals surface area (Å²) in [6, 6.07) is -1.65. The largest absolute Gasteiger partial charge is 0.405 e. The zero-order valence-corrected chi connectivity index (χ0v) is 13.2. The number of hydrogen-bond acceptors (Lipinski definition) is 5. The molecule has 1 unspecified atom stereocenters. The minimum atomic E-state index is -4.36. The summed E-state index contributed by atoms with van der Waals surface area (Å²) in [4.78, 5) is 13.0. The first-order valence-electron chi connectivity index (χ1n) is 7.09. The number of aromatic nitrogens is 3. The van der Waals surface area contributed by atoms with Gasteiger partial charge in [0.1, 0.15) is 6.04 Å². The van der Waals surface area contributed by atoms with Crippen LogP contribution < -0.4 is 10.6 Å². The van der Waals surface area contributed by atoms with E-state index in [9.17, 15) is 18.0 Å². The maximum absolute atomic E-state index is 13.1. The van der Waals surface area contributed by atoms with E-state index in [0.717, 1.165) is 0 Å². The lowest BCUT2D eigenvalue weighted by molar-refractivity contribution is -0.184. The number of alkyl halides is 3. The molecular formula is C12H20ClF3N6O. The smallest absolute Gasteiger partial charge is 0.354 e. The van der Waals surface area contributed by atoms with E-state index in [1.54, 1.807) is 6.20 Å². The van der Waals surface area contributed by atoms with Gasteiger partial charge in [-0.25, -0.2) is 0 Å². The Morgan fingerprint density at radius 3 is 2.61 bits per heavy atom. The van der Waals surface area contributed by atoms with Crippen molar-refractivity contribution in [1.29, 1.82) is 0 Å². The molecule has 0 aliphatic carbocycles. The molecule has 0 bridgehead atoms. The molecule has 1 saturated heterocycles. The molecular weight excluding hydrogens is 337 g/mol. The molecule has 1 atom stereocenters. The zero-order valence-electron chi connectivity index (χ0n) is 12.4. The highest BCUT2D eigenvalue weighted by Gasteiger charge is 2.43. The summed E-state index contributed by atoms with van der Waals surface area (Å²) >= 11 is 0. The normalized spacial score (nSPS) is 17.3. The predicted molar refractivity (Wildman–Crippen MR) is 79.2 cm³/mol. The molecule has 1 amide bonds. The average Bonchev–Trinajstić information content (AvgIpc) is 2.98. The fourth-order valence-electron chi connectivity index (χ4n) is 2.31. The van der Waals surface area contributed by atoms with E-state index in [1.165, 1.54) is 15.8 Å². The molecule has 2 rings (SSSR count). The molecule has 1 aromatic rings. The number of amides is 1. The third-order valence-corrected chi connectivity index (χ3v) is 3.50. The first kappa shape index (κ1) is 19.7. The summed E-state index contributed by atoms with van der Waals surface area (Å²) < 4.78 is 40.8. The third kappa shape index (κ3) is 6.32. The Labute approximate surface area is 138 Å². The number of nitrogens with one attached hydrogen (secondary N) is 2. The summed E-state index contributed by atoms with van der Waals surface area (Å²) in [6.45, 7) is 1.54. The number of nitrogens with zero attached hydrogens (tertiary/aromatic N) is 4. The molecule has 1 aromatic heterocycles. The maximum Gasteiger partial charge on any atom is 0.405 e. The minimum absolute atomic E-state index is 0. The predicted octanol–water partition coefficient (Wildman–Crippen LogP) is 0.0423. The van der Waals surface area contributed by atoms with Crippen molar-refractivity contribution in [2.24, 2.45) is 0 Å². The molecule has 1 aliphatic heterocycles. The standard InChI is InChI=1S/C12H19F3N6O.ClH/c13-12(14,15)10(20-6-2-16-3-7-20)9-17-11(22)1-5-21-8-4-18-19-21;/h4,8,10,16H,1-3,5-7,9H2,(H,17,22);1H. The van der Waals surface area contributed by atoms with Gasteiger partial charge in [-0.15, -0.1) is 17.5 Å². The van der Waals surface area contributed by atoms with Crippen molar-refractivity contribution in [2.45, 2.75) is 25.2 Å². The summed E-state index contributed by atoms with van der Waals surface area (Å²) in [5, 5.41) is 12.7. The molecule has 0 aromatic carbocycles. The number of aryl methyl sites for hydroxylation is 1. The molecule has 0 saturated carbocycles. The van der Waals surface area contributed by atoms with Crippen molar-refractivity contribution in [1.82, 2.24) is 30.5 Å². The molecule has 0 radical (unpaired) electrons. The molecule has 1 aliphatic rings. The Kier molecular flexibility index (Phi) is 7.73. The van der Waals surface area contributed by atoms with E-state index in [-0.39, 0.29) is 25.4 Å². The highest BCUT2D eigenvalue weighted by Crippen LogP contribution is 2.24. The van der Waals surface area contributed by atoms with Gasteiger partial charge in [0.05, 0.1) is 12.7 Å². The number of carbonyl (C=O) groups is 1. The van der Waals surface area contributed by atoms with E-state index in [4.69, 9.17) is 0 Å². The fourth-order valence-corrected chi connectivity index (χ4v) is 2.31. The molecule has 0 spiro atoms. The van der Waals surface area contributed by atoms with Crippen molar-refractivity contribution in [3.8, 4) is 0 Å². The van der Waals surface area contributed by atoms with Crippen LogP contribution in [0.15, 0.2) is 12.4 Å². The Morgan fingerprint density at radius 1 is 1.35 bits per heavy atom. The average molecular weight is 357 g/mol. The van der Waals surface area contributed by atoms with Gasteiger partial charge in [0, 0.05) is 45.3 Å². The highest BCUT2D eigenvalue weighted by atomic mass is 35.5. The van der Waals surface area contributed by atoms with Gasteiger partial charge in [-0.2, -0.15) is 13.2 Å². The zero-order chi connectivity index (χ0) is 16.0. The van der Waals surface area contributed by atoms with E-state index >= 15 is 0 Å². The van der Waals surface area contributed by atoms with E-state index in [1.807, 2.05) is 0 Å². The van der Waals surface area contributed by atoms with Crippen LogP contribution in [-0.4, -0.2) is 70.7 Å². The van der Waals surface area contributed by atoms with Crippen molar-refractivity contribution in [2.75, 3.05) is 32.7 Å². The Balaban J connectivity index is 0.00000264. The number of rotatable bonds is 6. The van der Waals surface area contributed by atoms with Crippen LogP contribution in [0.25, 0.3) is 0 Å². The number of piperazine rings is 1. The summed E-state index contributed by atoms with van der Waals surface area (Å²) in [5.74, 6) is -0.431. The Morgan fingerprint density at radius 2 is 2.04 bits per heavy atom. The second kappa shape index (κ2) is 9.04. The van der Waals surface area contributed by atoms with Gasteiger partial charge in [0.2, 0.25) is 5.91 Å². The van der Waals surface area contributed by atoms with Crippen molar-refractivity contribution >= 4 is 18.3 Å². The van der Waals surface area contributed by atoms with Gasteiger partial charge in [-0.1, -0.05) is 5.21 Å². The lowest BCUT2D eigenvalue weighted by Crippen LogP contribution is -2.57. The highest BCUT2D eigenvalue weighted by molar-refractivity contribution is 5.85. The topological polar surface area (TPSA) is 75.1 Å². The van der Waals surface area contributed by atoms with Crippen LogP contribution >= 0.6 is 12.4 Å². The van der Waals surface area contributed by atoms with Crippen LogP contribution in [-0.2, 0) is 11.3 Å². The van der Waals surface area contributed by atoms with Crippen LogP contribution in [0.3, 0.4) is 0 Å². The Hall–Kier alpha value is -1.39. The number of carbonyl (C=O) groups excluding carboxylic acids is 1. The molecule has 23 heavy (non-hydrogen) atoms. The van der Waals surface area contributed by atoms with E-state index < -0.39 is 24.7 Å². The van der Waals surface area contributed by atoms with Crippen LogP contribution in [0.5, 0.6) is 0 Å². The van der Waals surface area contributed by atoms with Gasteiger partial charge >= 0.3 is 6.18 Å². The van der Waals surface area contributed by atoms with Crippen LogP contribution in [0.2, 0.25) is 0 Å². The quantitative estimate of drug-likeness (QED) is 0.753. The first-order chi connectivity index (χ1) is 10.5. The summed E-state index contributed by atoms with van der Waals surface area (Å²) in [6.07, 6.45) is -1.24. The van der Waals surface area contributed by atoms with Crippen LogP contribution in [0.1, 0.15) is 6.42 Å². The van der Waals surface area contributed by atoms with Gasteiger partial charge < -0.3 is 10.6 Å². The van der Waals surface area contributed by atoms with Crippen LogP contribution in [0.4, 0.5) is 13.2 Å². The summed E-state index contributed by atoms with van der Waals surface area (Å²) in [5.41, 5.74) is 0. The second-order valence-electron chi connectivity index (χ2n) is 5.06. The van der Waals surface area contributed by atoms with Gasteiger partial charge in [0.15, 0.2) is 0 Å². The molecule has 1 fully saturated rings. The van der Waals surface area contributed by atoms with Gasteiger partial charge in [-0.05, 0) is 0 Å². The maximum atomic E-state index is 13.1. The monoisotopic (exact) mass is 356 g/mol. The van der Waals surface area contributed by atoms with Crippen molar-refractivity contribution in [3.63, 3.8) is 0 Å². The summed E-state index contributed by atoms with van der Waals surface area (Å²) in [7, 11) is 0. The lowest BCUT2D eigenvalue weighted by atomic mass is 10.2. The first-order valence-corrected chi connectivity index (χ1v) is 7.09.